The van der Waals surface area contributed by atoms with E-state index in [0.717, 1.165) is 84.3 Å². The molecule has 14 heteroatoms. The van der Waals surface area contributed by atoms with Gasteiger partial charge < -0.3 is 48.0 Å². The van der Waals surface area contributed by atoms with Crippen molar-refractivity contribution in [2.75, 3.05) is 87.9 Å². The Kier molecular flexibility index (Phi) is 21.9. The van der Waals surface area contributed by atoms with Crippen molar-refractivity contribution in [1.82, 2.24) is 19.6 Å². The number of carbonyl (C=O) groups excluding carboxylic acids is 4. The van der Waals surface area contributed by atoms with Gasteiger partial charge in [0.15, 0.2) is 0 Å². The van der Waals surface area contributed by atoms with Gasteiger partial charge in [0.25, 0.3) is 0 Å². The first-order valence-corrected chi connectivity index (χ1v) is 20.1. The molecule has 0 aromatic rings. The van der Waals surface area contributed by atoms with E-state index in [0.29, 0.717) is 30.9 Å². The lowest BCUT2D eigenvalue weighted by atomic mass is 10.2. The van der Waals surface area contributed by atoms with Gasteiger partial charge in [0, 0.05) is 101 Å². The van der Waals surface area contributed by atoms with Gasteiger partial charge in [0.1, 0.15) is 5.60 Å². The number of nitrogens with zero attached hydrogens (tertiary/aromatic N) is 4. The molecule has 2 aliphatic carbocycles. The largest absolute Gasteiger partial charge is 0.444 e. The van der Waals surface area contributed by atoms with E-state index in [-0.39, 0.29) is 42.3 Å². The Morgan fingerprint density at radius 2 is 0.926 bits per heavy atom. The Morgan fingerprint density at radius 1 is 0.537 bits per heavy atom. The van der Waals surface area contributed by atoms with E-state index in [1.165, 1.54) is 25.7 Å². The van der Waals surface area contributed by atoms with Gasteiger partial charge in [-0.3, -0.25) is 14.4 Å². The molecule has 4 unspecified atom stereocenters. The molecule has 14 nitrogen and oxygen atoms in total. The number of likely N-dealkylation sites (tertiary alicyclic amines) is 4. The number of hydrogen-bond donors (Lipinski definition) is 0. The number of hydrogen-bond acceptors (Lipinski definition) is 10. The van der Waals surface area contributed by atoms with Crippen LogP contribution in [0.1, 0.15) is 105 Å². The molecule has 4 aliphatic heterocycles. The fraction of sp³-hybridized carbons (Fsp3) is 0.900. The minimum atomic E-state index is -0.414. The van der Waals surface area contributed by atoms with Crippen molar-refractivity contribution in [3.05, 3.63) is 0 Å². The summed E-state index contributed by atoms with van der Waals surface area (Å²) in [5.41, 5.74) is -0.414. The Hall–Kier alpha value is -2.52. The molecule has 0 aromatic heterocycles. The molecule has 4 heterocycles. The van der Waals surface area contributed by atoms with Gasteiger partial charge in [-0.25, -0.2) is 4.79 Å². The Bertz CT molecular complexity index is 1110. The normalized spacial score (nSPS) is 25.1. The third-order valence-corrected chi connectivity index (χ3v) is 10.5. The first-order chi connectivity index (χ1) is 25.7. The van der Waals surface area contributed by atoms with Crippen LogP contribution in [0, 0.1) is 5.92 Å². The van der Waals surface area contributed by atoms with Crippen molar-refractivity contribution in [2.45, 2.75) is 141 Å². The summed E-state index contributed by atoms with van der Waals surface area (Å²) in [5.74, 6) is 1.11. The van der Waals surface area contributed by atoms with E-state index in [1.807, 2.05) is 42.4 Å². The summed E-state index contributed by atoms with van der Waals surface area (Å²) >= 11 is 0. The zero-order valence-electron chi connectivity index (χ0n) is 35.3. The fourth-order valence-corrected chi connectivity index (χ4v) is 6.82. The Balaban J connectivity index is 0.000000237. The van der Waals surface area contributed by atoms with Crippen LogP contribution in [0.2, 0.25) is 0 Å². The molecule has 0 bridgehead atoms. The summed E-state index contributed by atoms with van der Waals surface area (Å²) in [7, 11) is 8.58. The number of ether oxygens (including phenoxy) is 6. The van der Waals surface area contributed by atoms with Gasteiger partial charge in [-0.1, -0.05) is 19.8 Å². The van der Waals surface area contributed by atoms with E-state index in [9.17, 15) is 19.2 Å². The average molecular weight is 771 g/mol. The molecule has 6 rings (SSSR count). The predicted molar refractivity (Wildman–Crippen MR) is 207 cm³/mol. The maximum Gasteiger partial charge on any atom is 0.410 e. The topological polar surface area (TPSA) is 137 Å². The van der Waals surface area contributed by atoms with Gasteiger partial charge in [-0.05, 0) is 72.1 Å². The number of amides is 4. The van der Waals surface area contributed by atoms with E-state index in [2.05, 4.69) is 0 Å². The number of carbonyl (C=O) groups is 4. The third-order valence-electron chi connectivity index (χ3n) is 10.5. The van der Waals surface area contributed by atoms with Crippen molar-refractivity contribution in [1.29, 1.82) is 0 Å². The van der Waals surface area contributed by atoms with Gasteiger partial charge >= 0.3 is 6.09 Å². The zero-order chi connectivity index (χ0) is 40.3. The molecule has 4 atom stereocenters. The quantitative estimate of drug-likeness (QED) is 0.357. The first kappa shape index (κ1) is 47.6. The Morgan fingerprint density at radius 3 is 1.28 bits per heavy atom. The van der Waals surface area contributed by atoms with Crippen LogP contribution in [0.15, 0.2) is 0 Å². The highest BCUT2D eigenvalue weighted by Gasteiger charge is 2.36. The van der Waals surface area contributed by atoms with Gasteiger partial charge in [-0.15, -0.1) is 0 Å². The molecule has 54 heavy (non-hydrogen) atoms. The maximum atomic E-state index is 11.6. The van der Waals surface area contributed by atoms with Crippen LogP contribution in [0.3, 0.4) is 0 Å². The third kappa shape index (κ3) is 18.0. The predicted octanol–water partition coefficient (Wildman–Crippen LogP) is 4.76. The van der Waals surface area contributed by atoms with Gasteiger partial charge in [0.2, 0.25) is 17.7 Å². The highest BCUT2D eigenvalue weighted by atomic mass is 16.6. The highest BCUT2D eigenvalue weighted by molar-refractivity contribution is 5.81. The van der Waals surface area contributed by atoms with E-state index in [1.54, 1.807) is 47.4 Å². The summed E-state index contributed by atoms with van der Waals surface area (Å²) in [5, 5.41) is 0. The van der Waals surface area contributed by atoms with Crippen molar-refractivity contribution in [2.24, 2.45) is 5.92 Å². The van der Waals surface area contributed by atoms with Crippen LogP contribution < -0.4 is 0 Å². The fourth-order valence-electron chi connectivity index (χ4n) is 6.82. The highest BCUT2D eigenvalue weighted by Crippen LogP contribution is 2.32. The lowest BCUT2D eigenvalue weighted by molar-refractivity contribution is -0.132. The summed E-state index contributed by atoms with van der Waals surface area (Å²) < 4.78 is 31.0. The van der Waals surface area contributed by atoms with Crippen molar-refractivity contribution in [3.63, 3.8) is 0 Å². The number of methoxy groups -OCH3 is 5. The molecule has 0 aromatic carbocycles. The van der Waals surface area contributed by atoms with Crippen LogP contribution in [0.4, 0.5) is 4.79 Å². The molecule has 0 spiro atoms. The molecular formula is C40H74N4O10. The second-order valence-electron chi connectivity index (χ2n) is 15.9. The summed E-state index contributed by atoms with van der Waals surface area (Å²) in [6.45, 7) is 15.4. The maximum absolute atomic E-state index is 11.6. The molecule has 2 saturated carbocycles. The molecule has 6 fully saturated rings. The van der Waals surface area contributed by atoms with Crippen LogP contribution in [0.25, 0.3) is 0 Å². The molecule has 314 valence electrons. The smallest absolute Gasteiger partial charge is 0.410 e. The standard InChI is InChI=1S/C10H19NO3.C9H15NO2.C8H15NO2.C7H13NO2.C6H12O/c1-10(2,3)14-9(12)11-6-5-8(7-11)13-4;1-12-8-4-5-10(6-8)9(11)7-2-3-7;1-3-8(10)9-5-4-7(6-9)11-2;1-6(9)8-4-3-7(5-8)10-2;1-7-6-4-2-3-5-6/h8H,5-7H2,1-4H3;7-8H,2-6H2,1H3;7H,3-6H2,1-2H3;7H,3-5H2,1-2H3;6H,2-5H2,1H3. The SMILES string of the molecule is CCC(=O)N1CCC(OC)C1.COC1CCCC1.COC1CCN(C(=O)C2CC2)C1.COC1CCN(C(=O)OC(C)(C)C)C1.COC1CCN(C(C)=O)C1. The summed E-state index contributed by atoms with van der Waals surface area (Å²) in [6.07, 6.45) is 13.4. The average Bonchev–Trinajstić information content (AvgIpc) is 3.81. The Labute approximate surface area is 325 Å². The van der Waals surface area contributed by atoms with Crippen LogP contribution in [-0.4, -0.2) is 167 Å². The molecule has 4 amide bonds. The van der Waals surface area contributed by atoms with Gasteiger partial charge in [0.05, 0.1) is 37.1 Å². The molecule has 4 saturated heterocycles. The summed E-state index contributed by atoms with van der Waals surface area (Å²) in [4.78, 5) is 52.4. The van der Waals surface area contributed by atoms with Crippen molar-refractivity contribution < 1.29 is 47.6 Å². The molecule has 6 aliphatic rings. The van der Waals surface area contributed by atoms with Gasteiger partial charge in [-0.2, -0.15) is 0 Å². The molecule has 0 N–H and O–H groups in total. The van der Waals surface area contributed by atoms with E-state index >= 15 is 0 Å². The van der Waals surface area contributed by atoms with E-state index < -0.39 is 5.60 Å². The van der Waals surface area contributed by atoms with Crippen LogP contribution in [-0.2, 0) is 42.8 Å². The lowest BCUT2D eigenvalue weighted by Crippen LogP contribution is -2.35. The summed E-state index contributed by atoms with van der Waals surface area (Å²) in [6, 6.07) is 0. The van der Waals surface area contributed by atoms with Crippen LogP contribution >= 0.6 is 0 Å². The lowest BCUT2D eigenvalue weighted by Gasteiger charge is -2.24. The van der Waals surface area contributed by atoms with Crippen LogP contribution in [0.5, 0.6) is 0 Å². The minimum Gasteiger partial charge on any atom is -0.444 e. The zero-order valence-corrected chi connectivity index (χ0v) is 35.3. The van der Waals surface area contributed by atoms with E-state index in [4.69, 9.17) is 28.4 Å². The molecule has 0 radical (unpaired) electrons. The molecular weight excluding hydrogens is 696 g/mol. The second kappa shape index (κ2) is 24.9. The minimum absolute atomic E-state index is 0.152. The first-order valence-electron chi connectivity index (χ1n) is 20.1. The van der Waals surface area contributed by atoms with Crippen molar-refractivity contribution in [3.8, 4) is 0 Å². The van der Waals surface area contributed by atoms with Crippen molar-refractivity contribution >= 4 is 23.8 Å². The second-order valence-corrected chi connectivity index (χ2v) is 15.9. The monoisotopic (exact) mass is 771 g/mol. The number of rotatable bonds is 7.